The Morgan fingerprint density at radius 1 is 1.00 bits per heavy atom. The minimum Gasteiger partial charge on any atom is -0.316 e. The molecule has 0 saturated carbocycles. The average molecular weight is 275 g/mol. The SMILES string of the molecule is CCC/C(C)=C\c1cn(-c2ccccc2)c2ccccc12. The third-order valence-corrected chi connectivity index (χ3v) is 3.82. The maximum Gasteiger partial charge on any atom is 0.0534 e. The molecule has 0 aliphatic carbocycles. The molecule has 1 heterocycles. The Morgan fingerprint density at radius 2 is 1.71 bits per heavy atom. The number of rotatable bonds is 4. The second-order valence-electron chi connectivity index (χ2n) is 5.55. The lowest BCUT2D eigenvalue weighted by molar-refractivity contribution is 0.912. The van der Waals surface area contributed by atoms with Crippen LogP contribution in [0.5, 0.6) is 0 Å². The maximum atomic E-state index is 2.32. The molecule has 0 radical (unpaired) electrons. The molecule has 3 aromatic rings. The standard InChI is InChI=1S/C20H21N/c1-3-9-16(2)14-17-15-21(18-10-5-4-6-11-18)20-13-8-7-12-19(17)20/h4-8,10-15H,3,9H2,1-2H3/b16-14-. The molecule has 1 nitrogen and oxygen atoms in total. The van der Waals surface area contributed by atoms with E-state index in [9.17, 15) is 0 Å². The van der Waals surface area contributed by atoms with Crippen LogP contribution in [0.25, 0.3) is 22.7 Å². The van der Waals surface area contributed by atoms with Gasteiger partial charge in [-0.15, -0.1) is 0 Å². The van der Waals surface area contributed by atoms with Gasteiger partial charge in [0.1, 0.15) is 0 Å². The smallest absolute Gasteiger partial charge is 0.0534 e. The Kier molecular flexibility index (Phi) is 3.92. The van der Waals surface area contributed by atoms with Gasteiger partial charge in [0, 0.05) is 22.8 Å². The van der Waals surface area contributed by atoms with Crippen LogP contribution in [0, 0.1) is 0 Å². The average Bonchev–Trinajstić information content (AvgIpc) is 2.87. The highest BCUT2D eigenvalue weighted by Crippen LogP contribution is 2.27. The van der Waals surface area contributed by atoms with Gasteiger partial charge in [-0.25, -0.2) is 0 Å². The molecule has 0 atom stereocenters. The fraction of sp³-hybridized carbons (Fsp3) is 0.200. The largest absolute Gasteiger partial charge is 0.316 e. The third-order valence-electron chi connectivity index (χ3n) is 3.82. The molecular weight excluding hydrogens is 254 g/mol. The molecule has 0 aliphatic heterocycles. The van der Waals surface area contributed by atoms with Gasteiger partial charge in [-0.05, 0) is 31.5 Å². The highest BCUT2D eigenvalue weighted by molar-refractivity contribution is 5.91. The lowest BCUT2D eigenvalue weighted by atomic mass is 10.1. The van der Waals surface area contributed by atoms with Crippen LogP contribution in [0.15, 0.2) is 66.4 Å². The number of fused-ring (bicyclic) bond motifs is 1. The minimum absolute atomic E-state index is 1.16. The van der Waals surface area contributed by atoms with E-state index in [2.05, 4.69) is 85.3 Å². The fourth-order valence-corrected chi connectivity index (χ4v) is 2.86. The summed E-state index contributed by atoms with van der Waals surface area (Å²) in [6.07, 6.45) is 6.93. The third kappa shape index (κ3) is 2.78. The minimum atomic E-state index is 1.16. The van der Waals surface area contributed by atoms with Crippen LogP contribution in [-0.2, 0) is 0 Å². The van der Waals surface area contributed by atoms with Gasteiger partial charge >= 0.3 is 0 Å². The molecule has 3 rings (SSSR count). The van der Waals surface area contributed by atoms with E-state index in [-0.39, 0.29) is 0 Å². The summed E-state index contributed by atoms with van der Waals surface area (Å²) in [5.74, 6) is 0. The van der Waals surface area contributed by atoms with Crippen molar-refractivity contribution in [1.82, 2.24) is 4.57 Å². The highest BCUT2D eigenvalue weighted by Gasteiger charge is 2.07. The maximum absolute atomic E-state index is 2.32. The van der Waals surface area contributed by atoms with Crippen molar-refractivity contribution in [2.75, 3.05) is 0 Å². The molecule has 106 valence electrons. The molecular formula is C20H21N. The van der Waals surface area contributed by atoms with Crippen molar-refractivity contribution in [2.24, 2.45) is 0 Å². The first-order valence-corrected chi connectivity index (χ1v) is 7.62. The lowest BCUT2D eigenvalue weighted by Gasteiger charge is -2.04. The van der Waals surface area contributed by atoms with E-state index in [1.165, 1.54) is 34.1 Å². The van der Waals surface area contributed by atoms with E-state index in [0.717, 1.165) is 6.42 Å². The van der Waals surface area contributed by atoms with E-state index < -0.39 is 0 Å². The quantitative estimate of drug-likeness (QED) is 0.564. The topological polar surface area (TPSA) is 4.93 Å². The number of aromatic nitrogens is 1. The Labute approximate surface area is 126 Å². The van der Waals surface area contributed by atoms with Crippen molar-refractivity contribution in [3.05, 3.63) is 71.9 Å². The van der Waals surface area contributed by atoms with Gasteiger partial charge in [-0.2, -0.15) is 0 Å². The summed E-state index contributed by atoms with van der Waals surface area (Å²) >= 11 is 0. The van der Waals surface area contributed by atoms with Crippen molar-refractivity contribution in [1.29, 1.82) is 0 Å². The molecule has 0 bridgehead atoms. The molecule has 0 unspecified atom stereocenters. The van der Waals surface area contributed by atoms with Gasteiger partial charge in [0.15, 0.2) is 0 Å². The van der Waals surface area contributed by atoms with Gasteiger partial charge in [-0.3, -0.25) is 0 Å². The molecule has 0 N–H and O–H groups in total. The van der Waals surface area contributed by atoms with Crippen LogP contribution in [0.2, 0.25) is 0 Å². The molecule has 0 aliphatic rings. The first kappa shape index (κ1) is 13.7. The summed E-state index contributed by atoms with van der Waals surface area (Å²) in [5, 5.41) is 1.32. The van der Waals surface area contributed by atoms with Gasteiger partial charge in [0.25, 0.3) is 0 Å². The molecule has 2 aromatic carbocycles. The Bertz CT molecular complexity index is 763. The molecule has 1 heteroatoms. The van der Waals surface area contributed by atoms with Crippen LogP contribution < -0.4 is 0 Å². The second kappa shape index (κ2) is 6.01. The molecule has 0 amide bonds. The van der Waals surface area contributed by atoms with Crippen LogP contribution in [0.4, 0.5) is 0 Å². The summed E-state index contributed by atoms with van der Waals surface area (Å²) in [4.78, 5) is 0. The summed E-state index contributed by atoms with van der Waals surface area (Å²) in [6, 6.07) is 19.1. The molecule has 0 fully saturated rings. The second-order valence-corrected chi connectivity index (χ2v) is 5.55. The van der Waals surface area contributed by atoms with Crippen LogP contribution in [-0.4, -0.2) is 4.57 Å². The summed E-state index contributed by atoms with van der Waals surface area (Å²) in [5.41, 5.74) is 5.22. The van der Waals surface area contributed by atoms with Crippen molar-refractivity contribution in [3.63, 3.8) is 0 Å². The fourth-order valence-electron chi connectivity index (χ4n) is 2.86. The van der Waals surface area contributed by atoms with Crippen molar-refractivity contribution in [2.45, 2.75) is 26.7 Å². The number of hydrogen-bond donors (Lipinski definition) is 0. The summed E-state index contributed by atoms with van der Waals surface area (Å²) in [6.45, 7) is 4.45. The Hall–Kier alpha value is -2.28. The lowest BCUT2D eigenvalue weighted by Crippen LogP contribution is -1.90. The van der Waals surface area contributed by atoms with E-state index in [1.807, 2.05) is 0 Å². The van der Waals surface area contributed by atoms with E-state index >= 15 is 0 Å². The van der Waals surface area contributed by atoms with Crippen molar-refractivity contribution < 1.29 is 0 Å². The van der Waals surface area contributed by atoms with E-state index in [4.69, 9.17) is 0 Å². The zero-order chi connectivity index (χ0) is 14.7. The molecule has 21 heavy (non-hydrogen) atoms. The van der Waals surface area contributed by atoms with Gasteiger partial charge in [0.05, 0.1) is 5.52 Å². The monoisotopic (exact) mass is 275 g/mol. The number of hydrogen-bond acceptors (Lipinski definition) is 0. The number of para-hydroxylation sites is 2. The van der Waals surface area contributed by atoms with Crippen molar-refractivity contribution >= 4 is 17.0 Å². The normalized spacial score (nSPS) is 12.0. The molecule has 0 spiro atoms. The molecule has 1 aromatic heterocycles. The van der Waals surface area contributed by atoms with Crippen LogP contribution >= 0.6 is 0 Å². The van der Waals surface area contributed by atoms with E-state index in [1.54, 1.807) is 0 Å². The number of benzene rings is 2. The first-order valence-electron chi connectivity index (χ1n) is 7.62. The van der Waals surface area contributed by atoms with Gasteiger partial charge in [-0.1, -0.05) is 61.4 Å². The van der Waals surface area contributed by atoms with Crippen LogP contribution in [0.1, 0.15) is 32.3 Å². The van der Waals surface area contributed by atoms with E-state index in [0.29, 0.717) is 0 Å². The Morgan fingerprint density at radius 3 is 2.48 bits per heavy atom. The van der Waals surface area contributed by atoms with Gasteiger partial charge < -0.3 is 4.57 Å². The van der Waals surface area contributed by atoms with Gasteiger partial charge in [0.2, 0.25) is 0 Å². The first-order chi connectivity index (χ1) is 10.3. The summed E-state index contributed by atoms with van der Waals surface area (Å²) in [7, 11) is 0. The number of allylic oxidation sites excluding steroid dienone is 1. The predicted octanol–water partition coefficient (Wildman–Crippen LogP) is 5.83. The number of nitrogens with zero attached hydrogens (tertiary/aromatic N) is 1. The van der Waals surface area contributed by atoms with Crippen LogP contribution in [0.3, 0.4) is 0 Å². The Balaban J connectivity index is 2.17. The molecule has 0 saturated heterocycles. The zero-order valence-electron chi connectivity index (χ0n) is 12.7. The van der Waals surface area contributed by atoms with Crippen molar-refractivity contribution in [3.8, 4) is 5.69 Å². The predicted molar refractivity (Wildman–Crippen MR) is 91.8 cm³/mol. The zero-order valence-corrected chi connectivity index (χ0v) is 12.7. The summed E-state index contributed by atoms with van der Waals surface area (Å²) < 4.78 is 2.28. The highest BCUT2D eigenvalue weighted by atomic mass is 15.0.